The molecule has 0 radical (unpaired) electrons. The molecule has 2 atom stereocenters. The third kappa shape index (κ3) is 2.32. The second kappa shape index (κ2) is 4.49. The fourth-order valence-electron chi connectivity index (χ4n) is 2.48. The van der Waals surface area contributed by atoms with Crippen molar-refractivity contribution in [2.45, 2.75) is 31.8 Å². The molecule has 2 aliphatic heterocycles. The second-order valence-electron chi connectivity index (χ2n) is 4.78. The summed E-state index contributed by atoms with van der Waals surface area (Å²) < 4.78 is 0. The SMILES string of the molecule is CC1CN(C2CCCNC2)CC(=O)N1C. The van der Waals surface area contributed by atoms with E-state index in [2.05, 4.69) is 17.1 Å². The Morgan fingerprint density at radius 3 is 2.87 bits per heavy atom. The van der Waals surface area contributed by atoms with Crippen molar-refractivity contribution in [3.8, 4) is 0 Å². The van der Waals surface area contributed by atoms with Gasteiger partial charge in [0.15, 0.2) is 0 Å². The van der Waals surface area contributed by atoms with Crippen LogP contribution in [0.1, 0.15) is 19.8 Å². The summed E-state index contributed by atoms with van der Waals surface area (Å²) >= 11 is 0. The molecule has 2 heterocycles. The second-order valence-corrected chi connectivity index (χ2v) is 4.78. The maximum atomic E-state index is 11.7. The van der Waals surface area contributed by atoms with Gasteiger partial charge in [-0.15, -0.1) is 0 Å². The van der Waals surface area contributed by atoms with Crippen LogP contribution in [0.5, 0.6) is 0 Å². The monoisotopic (exact) mass is 211 g/mol. The van der Waals surface area contributed by atoms with Crippen LogP contribution in [-0.4, -0.2) is 61.0 Å². The zero-order valence-electron chi connectivity index (χ0n) is 9.70. The molecule has 0 bridgehead atoms. The average Bonchev–Trinajstić information content (AvgIpc) is 2.26. The minimum absolute atomic E-state index is 0.263. The van der Waals surface area contributed by atoms with Gasteiger partial charge in [-0.1, -0.05) is 0 Å². The Bertz CT molecular complexity index is 238. The van der Waals surface area contributed by atoms with E-state index in [0.717, 1.165) is 19.6 Å². The topological polar surface area (TPSA) is 35.6 Å². The van der Waals surface area contributed by atoms with Crippen LogP contribution in [0.4, 0.5) is 0 Å². The lowest BCUT2D eigenvalue weighted by Crippen LogP contribution is -2.58. The molecule has 0 aromatic rings. The number of amides is 1. The van der Waals surface area contributed by atoms with Crippen molar-refractivity contribution in [3.05, 3.63) is 0 Å². The van der Waals surface area contributed by atoms with Gasteiger partial charge in [0.2, 0.25) is 5.91 Å². The molecular formula is C11H21N3O. The molecule has 0 aromatic carbocycles. The lowest BCUT2D eigenvalue weighted by Gasteiger charge is -2.42. The zero-order valence-corrected chi connectivity index (χ0v) is 9.70. The van der Waals surface area contributed by atoms with Crippen LogP contribution in [-0.2, 0) is 4.79 Å². The summed E-state index contributed by atoms with van der Waals surface area (Å²) in [5, 5.41) is 3.41. The molecule has 0 spiro atoms. The van der Waals surface area contributed by atoms with Crippen molar-refractivity contribution < 1.29 is 4.79 Å². The molecule has 2 fully saturated rings. The number of hydrogen-bond acceptors (Lipinski definition) is 3. The van der Waals surface area contributed by atoms with E-state index in [-0.39, 0.29) is 5.91 Å². The van der Waals surface area contributed by atoms with Crippen molar-refractivity contribution in [2.24, 2.45) is 0 Å². The molecule has 0 aliphatic carbocycles. The van der Waals surface area contributed by atoms with Gasteiger partial charge in [-0.2, -0.15) is 0 Å². The first-order chi connectivity index (χ1) is 7.18. The number of carbonyl (C=O) groups is 1. The first-order valence-electron chi connectivity index (χ1n) is 5.89. The highest BCUT2D eigenvalue weighted by Gasteiger charge is 2.31. The van der Waals surface area contributed by atoms with E-state index in [1.165, 1.54) is 12.8 Å². The summed E-state index contributed by atoms with van der Waals surface area (Å²) in [6, 6.07) is 0.923. The van der Waals surface area contributed by atoms with Gasteiger partial charge < -0.3 is 10.2 Å². The highest BCUT2D eigenvalue weighted by molar-refractivity contribution is 5.79. The Labute approximate surface area is 91.6 Å². The fraction of sp³-hybridized carbons (Fsp3) is 0.909. The number of nitrogens with zero attached hydrogens (tertiary/aromatic N) is 2. The fourth-order valence-corrected chi connectivity index (χ4v) is 2.48. The smallest absolute Gasteiger partial charge is 0.236 e. The summed E-state index contributed by atoms with van der Waals surface area (Å²) in [6.45, 7) is 5.93. The van der Waals surface area contributed by atoms with Gasteiger partial charge in [0.25, 0.3) is 0 Å². The van der Waals surface area contributed by atoms with Crippen LogP contribution in [0, 0.1) is 0 Å². The predicted molar refractivity (Wildman–Crippen MR) is 59.7 cm³/mol. The number of likely N-dealkylation sites (N-methyl/N-ethyl adjacent to an activating group) is 1. The number of piperazine rings is 1. The maximum absolute atomic E-state index is 11.7. The largest absolute Gasteiger partial charge is 0.341 e. The molecule has 1 amide bonds. The Hall–Kier alpha value is -0.610. The standard InChI is InChI=1S/C11H21N3O/c1-9-7-14(8-11(15)13(9)2)10-4-3-5-12-6-10/h9-10,12H,3-8H2,1-2H3. The normalized spacial score (nSPS) is 34.5. The summed E-state index contributed by atoms with van der Waals surface area (Å²) in [6.07, 6.45) is 2.47. The third-order valence-corrected chi connectivity index (χ3v) is 3.68. The molecular weight excluding hydrogens is 190 g/mol. The van der Waals surface area contributed by atoms with Gasteiger partial charge in [0.05, 0.1) is 6.54 Å². The molecule has 2 aliphatic rings. The zero-order chi connectivity index (χ0) is 10.8. The van der Waals surface area contributed by atoms with Crippen LogP contribution in [0.15, 0.2) is 0 Å². The number of carbonyl (C=O) groups excluding carboxylic acids is 1. The third-order valence-electron chi connectivity index (χ3n) is 3.68. The molecule has 0 saturated carbocycles. The summed E-state index contributed by atoms with van der Waals surface area (Å²) in [5.41, 5.74) is 0. The first-order valence-corrected chi connectivity index (χ1v) is 5.89. The molecule has 2 rings (SSSR count). The number of hydrogen-bond donors (Lipinski definition) is 1. The van der Waals surface area contributed by atoms with Crippen LogP contribution >= 0.6 is 0 Å². The Morgan fingerprint density at radius 2 is 2.27 bits per heavy atom. The van der Waals surface area contributed by atoms with Gasteiger partial charge in [-0.05, 0) is 26.3 Å². The molecule has 86 valence electrons. The van der Waals surface area contributed by atoms with E-state index in [1.54, 1.807) is 0 Å². The van der Waals surface area contributed by atoms with E-state index >= 15 is 0 Å². The molecule has 1 N–H and O–H groups in total. The Balaban J connectivity index is 1.95. The van der Waals surface area contributed by atoms with Crippen molar-refractivity contribution in [3.63, 3.8) is 0 Å². The lowest BCUT2D eigenvalue weighted by molar-refractivity contribution is -0.138. The summed E-state index contributed by atoms with van der Waals surface area (Å²) in [4.78, 5) is 15.9. The molecule has 4 nitrogen and oxygen atoms in total. The minimum Gasteiger partial charge on any atom is -0.341 e. The highest BCUT2D eigenvalue weighted by Crippen LogP contribution is 2.16. The molecule has 2 saturated heterocycles. The highest BCUT2D eigenvalue weighted by atomic mass is 16.2. The van der Waals surface area contributed by atoms with E-state index in [4.69, 9.17) is 0 Å². The van der Waals surface area contributed by atoms with Gasteiger partial charge in [-0.25, -0.2) is 0 Å². The van der Waals surface area contributed by atoms with E-state index in [9.17, 15) is 4.79 Å². The first kappa shape index (κ1) is 10.9. The van der Waals surface area contributed by atoms with Crippen molar-refractivity contribution in [2.75, 3.05) is 33.2 Å². The van der Waals surface area contributed by atoms with Gasteiger partial charge in [0, 0.05) is 32.2 Å². The number of piperidine rings is 1. The van der Waals surface area contributed by atoms with Gasteiger partial charge >= 0.3 is 0 Å². The summed E-state index contributed by atoms with van der Waals surface area (Å²) in [7, 11) is 1.91. The quantitative estimate of drug-likeness (QED) is 0.658. The van der Waals surface area contributed by atoms with E-state index < -0.39 is 0 Å². The van der Waals surface area contributed by atoms with E-state index in [0.29, 0.717) is 18.6 Å². The number of nitrogens with one attached hydrogen (secondary N) is 1. The summed E-state index contributed by atoms with van der Waals surface area (Å²) in [5.74, 6) is 0.263. The molecule has 0 aromatic heterocycles. The lowest BCUT2D eigenvalue weighted by atomic mass is 10.0. The predicted octanol–water partition coefficient (Wildman–Crippen LogP) is -0.0991. The molecule has 15 heavy (non-hydrogen) atoms. The molecule has 2 unspecified atom stereocenters. The van der Waals surface area contributed by atoms with E-state index in [1.807, 2.05) is 11.9 Å². The number of rotatable bonds is 1. The van der Waals surface area contributed by atoms with Crippen molar-refractivity contribution in [1.82, 2.24) is 15.1 Å². The molecule has 4 heteroatoms. The van der Waals surface area contributed by atoms with Gasteiger partial charge in [-0.3, -0.25) is 9.69 Å². The average molecular weight is 211 g/mol. The van der Waals surface area contributed by atoms with Crippen LogP contribution in [0.25, 0.3) is 0 Å². The van der Waals surface area contributed by atoms with Crippen LogP contribution in [0.3, 0.4) is 0 Å². The minimum atomic E-state index is 0.263. The van der Waals surface area contributed by atoms with Crippen LogP contribution < -0.4 is 5.32 Å². The Kier molecular flexibility index (Phi) is 3.26. The van der Waals surface area contributed by atoms with Crippen molar-refractivity contribution >= 4 is 5.91 Å². The Morgan fingerprint density at radius 1 is 1.47 bits per heavy atom. The van der Waals surface area contributed by atoms with Crippen LogP contribution in [0.2, 0.25) is 0 Å². The maximum Gasteiger partial charge on any atom is 0.236 e. The van der Waals surface area contributed by atoms with Gasteiger partial charge in [0.1, 0.15) is 0 Å². The van der Waals surface area contributed by atoms with Crippen molar-refractivity contribution in [1.29, 1.82) is 0 Å².